The van der Waals surface area contributed by atoms with E-state index in [1.54, 1.807) is 24.3 Å². The third-order valence-corrected chi connectivity index (χ3v) is 4.69. The predicted molar refractivity (Wildman–Crippen MR) is 87.3 cm³/mol. The summed E-state index contributed by atoms with van der Waals surface area (Å²) in [6.45, 7) is 3.51. The number of carbonyl (C=O) groups excluding carboxylic acids is 2. The number of Topliss-reactive ketones (excluding diaryl/α,β-unsaturated/α-hetero) is 2. The Labute approximate surface area is 135 Å². The highest BCUT2D eigenvalue weighted by Gasteiger charge is 2.36. The number of likely N-dealkylation sites (tertiary alicyclic amines) is 1. The second kappa shape index (κ2) is 6.71. The average Bonchev–Trinajstić information content (AvgIpc) is 2.57. The summed E-state index contributed by atoms with van der Waals surface area (Å²) in [7, 11) is 0. The summed E-state index contributed by atoms with van der Waals surface area (Å²) in [6.07, 6.45) is 3.73. The standard InChI is InChI=1S/C17H19ClN2O2/c18-14-15(19-8-11-20-9-4-1-5-10-20)17(22)13-7-3-2-6-12(13)16(14)21/h2-3,6-7,14H,1,4-5,8-11H2. The maximum absolute atomic E-state index is 12.5. The van der Waals surface area contributed by atoms with Crippen molar-refractivity contribution in [3.05, 3.63) is 35.4 Å². The van der Waals surface area contributed by atoms with E-state index in [4.69, 9.17) is 11.6 Å². The quantitative estimate of drug-likeness (QED) is 0.805. The van der Waals surface area contributed by atoms with Crippen molar-refractivity contribution >= 4 is 28.9 Å². The lowest BCUT2D eigenvalue weighted by molar-refractivity contribution is 0.0967. The molecular formula is C17H19ClN2O2. The second-order valence-electron chi connectivity index (χ2n) is 5.77. The lowest BCUT2D eigenvalue weighted by atomic mass is 9.88. The first-order chi connectivity index (χ1) is 10.7. The van der Waals surface area contributed by atoms with Gasteiger partial charge in [-0.2, -0.15) is 0 Å². The Morgan fingerprint density at radius 3 is 2.50 bits per heavy atom. The Morgan fingerprint density at radius 2 is 1.77 bits per heavy atom. The largest absolute Gasteiger partial charge is 0.301 e. The van der Waals surface area contributed by atoms with Gasteiger partial charge in [-0.25, -0.2) is 0 Å². The van der Waals surface area contributed by atoms with Gasteiger partial charge in [0.15, 0.2) is 5.78 Å². The molecule has 1 atom stereocenters. The Morgan fingerprint density at radius 1 is 1.09 bits per heavy atom. The van der Waals surface area contributed by atoms with Crippen molar-refractivity contribution in [3.63, 3.8) is 0 Å². The van der Waals surface area contributed by atoms with Crippen LogP contribution in [0.25, 0.3) is 0 Å². The number of piperidine rings is 1. The van der Waals surface area contributed by atoms with E-state index in [0.29, 0.717) is 17.7 Å². The summed E-state index contributed by atoms with van der Waals surface area (Å²) in [4.78, 5) is 31.4. The lowest BCUT2D eigenvalue weighted by Gasteiger charge is -2.26. The number of alkyl halides is 1. The summed E-state index contributed by atoms with van der Waals surface area (Å²) < 4.78 is 0. The van der Waals surface area contributed by atoms with Crippen molar-refractivity contribution < 1.29 is 9.59 Å². The van der Waals surface area contributed by atoms with Crippen LogP contribution in [0, 0.1) is 0 Å². The van der Waals surface area contributed by atoms with Crippen molar-refractivity contribution in [1.29, 1.82) is 0 Å². The van der Waals surface area contributed by atoms with Crippen LogP contribution in [0.5, 0.6) is 0 Å². The number of benzene rings is 1. The molecule has 0 radical (unpaired) electrons. The molecular weight excluding hydrogens is 300 g/mol. The Kier molecular flexibility index (Phi) is 4.69. The van der Waals surface area contributed by atoms with Crippen LogP contribution in [-0.2, 0) is 0 Å². The third kappa shape index (κ3) is 2.99. The van der Waals surface area contributed by atoms with E-state index in [1.807, 2.05) is 0 Å². The Balaban J connectivity index is 1.74. The first kappa shape index (κ1) is 15.4. The molecule has 1 aromatic rings. The van der Waals surface area contributed by atoms with Gasteiger partial charge < -0.3 is 4.90 Å². The summed E-state index contributed by atoms with van der Waals surface area (Å²) in [6, 6.07) is 6.81. The maximum Gasteiger partial charge on any atom is 0.209 e. The van der Waals surface area contributed by atoms with Crippen molar-refractivity contribution in [2.45, 2.75) is 24.6 Å². The molecule has 1 unspecified atom stereocenters. The summed E-state index contributed by atoms with van der Waals surface area (Å²) >= 11 is 6.16. The zero-order chi connectivity index (χ0) is 15.5. The molecule has 1 aliphatic carbocycles. The normalized spacial score (nSPS) is 24.6. The van der Waals surface area contributed by atoms with E-state index < -0.39 is 5.38 Å². The summed E-state index contributed by atoms with van der Waals surface area (Å²) in [5, 5.41) is -0.955. The summed E-state index contributed by atoms with van der Waals surface area (Å²) in [5.41, 5.74) is 1.02. The molecule has 0 spiro atoms. The summed E-state index contributed by atoms with van der Waals surface area (Å²) in [5.74, 6) is -0.442. The van der Waals surface area contributed by atoms with Gasteiger partial charge in [-0.05, 0) is 25.9 Å². The molecule has 1 aromatic carbocycles. The number of halogens is 1. The van der Waals surface area contributed by atoms with Gasteiger partial charge in [-0.15, -0.1) is 11.6 Å². The fraction of sp³-hybridized carbons (Fsp3) is 0.471. The monoisotopic (exact) mass is 318 g/mol. The van der Waals surface area contributed by atoms with Gasteiger partial charge in [0.2, 0.25) is 5.78 Å². The van der Waals surface area contributed by atoms with Crippen molar-refractivity contribution in [2.75, 3.05) is 26.2 Å². The third-order valence-electron chi connectivity index (χ3n) is 4.29. The molecule has 0 amide bonds. The van der Waals surface area contributed by atoms with Gasteiger partial charge in [0.05, 0.1) is 6.54 Å². The smallest absolute Gasteiger partial charge is 0.209 e. The highest BCUT2D eigenvalue weighted by Crippen LogP contribution is 2.23. The number of nitrogens with zero attached hydrogens (tertiary/aromatic N) is 2. The first-order valence-electron chi connectivity index (χ1n) is 7.77. The molecule has 0 aromatic heterocycles. The molecule has 0 N–H and O–H groups in total. The second-order valence-corrected chi connectivity index (χ2v) is 6.21. The molecule has 5 heteroatoms. The van der Waals surface area contributed by atoms with Gasteiger partial charge in [-0.1, -0.05) is 30.7 Å². The maximum atomic E-state index is 12.5. The first-order valence-corrected chi connectivity index (χ1v) is 8.21. The zero-order valence-corrected chi connectivity index (χ0v) is 13.2. The van der Waals surface area contributed by atoms with Crippen molar-refractivity contribution in [2.24, 2.45) is 4.99 Å². The predicted octanol–water partition coefficient (Wildman–Crippen LogP) is 2.60. The molecule has 4 nitrogen and oxygen atoms in total. The fourth-order valence-corrected chi connectivity index (χ4v) is 3.34. The van der Waals surface area contributed by atoms with Crippen LogP contribution in [0.1, 0.15) is 40.0 Å². The average molecular weight is 319 g/mol. The van der Waals surface area contributed by atoms with E-state index in [2.05, 4.69) is 9.89 Å². The van der Waals surface area contributed by atoms with E-state index in [1.165, 1.54) is 19.3 Å². The van der Waals surface area contributed by atoms with Gasteiger partial charge in [0, 0.05) is 17.7 Å². The van der Waals surface area contributed by atoms with Crippen LogP contribution in [0.3, 0.4) is 0 Å². The molecule has 22 heavy (non-hydrogen) atoms. The van der Waals surface area contributed by atoms with Crippen LogP contribution >= 0.6 is 11.6 Å². The minimum atomic E-state index is -0.955. The Bertz CT molecular complexity index is 621. The van der Waals surface area contributed by atoms with E-state index in [0.717, 1.165) is 19.6 Å². The van der Waals surface area contributed by atoms with E-state index in [9.17, 15) is 9.59 Å². The molecule has 1 aliphatic heterocycles. The molecule has 2 aliphatic rings. The molecule has 3 rings (SSSR count). The molecule has 1 heterocycles. The SMILES string of the molecule is O=C1C(=NCCN2CCCCC2)C(Cl)C(=O)c2ccccc21. The van der Waals surface area contributed by atoms with Crippen molar-refractivity contribution in [1.82, 2.24) is 4.90 Å². The van der Waals surface area contributed by atoms with Crippen LogP contribution in [-0.4, -0.2) is 53.7 Å². The van der Waals surface area contributed by atoms with Crippen LogP contribution in [0.15, 0.2) is 29.3 Å². The molecule has 0 bridgehead atoms. The number of aliphatic imine (C=N–C) groups is 1. The van der Waals surface area contributed by atoms with Crippen LogP contribution in [0.2, 0.25) is 0 Å². The van der Waals surface area contributed by atoms with Crippen LogP contribution < -0.4 is 0 Å². The molecule has 116 valence electrons. The number of rotatable bonds is 3. The minimum Gasteiger partial charge on any atom is -0.301 e. The number of hydrogen-bond donors (Lipinski definition) is 0. The van der Waals surface area contributed by atoms with E-state index in [-0.39, 0.29) is 17.3 Å². The number of hydrogen-bond acceptors (Lipinski definition) is 4. The highest BCUT2D eigenvalue weighted by molar-refractivity contribution is 6.64. The lowest BCUT2D eigenvalue weighted by Crippen LogP contribution is -2.39. The molecule has 0 saturated carbocycles. The van der Waals surface area contributed by atoms with Gasteiger partial charge in [0.1, 0.15) is 11.1 Å². The van der Waals surface area contributed by atoms with Gasteiger partial charge in [-0.3, -0.25) is 14.6 Å². The topological polar surface area (TPSA) is 49.7 Å². The minimum absolute atomic E-state index is 0.197. The van der Waals surface area contributed by atoms with E-state index >= 15 is 0 Å². The van der Waals surface area contributed by atoms with Crippen LogP contribution in [0.4, 0.5) is 0 Å². The van der Waals surface area contributed by atoms with Gasteiger partial charge >= 0.3 is 0 Å². The molecule has 1 saturated heterocycles. The van der Waals surface area contributed by atoms with Crippen molar-refractivity contribution in [3.8, 4) is 0 Å². The fourth-order valence-electron chi connectivity index (χ4n) is 3.06. The van der Waals surface area contributed by atoms with Gasteiger partial charge in [0.25, 0.3) is 0 Å². The molecule has 1 fully saturated rings. The number of carbonyl (C=O) groups is 2. The number of ketones is 2. The zero-order valence-electron chi connectivity index (χ0n) is 12.4. The Hall–Kier alpha value is -1.52. The number of fused-ring (bicyclic) bond motifs is 1. The highest BCUT2D eigenvalue weighted by atomic mass is 35.5.